The average Bonchev–Trinajstić information content (AvgIpc) is 3.05. The largest absolute Gasteiger partial charge is 0.478 e. The van der Waals surface area contributed by atoms with Gasteiger partial charge in [-0.1, -0.05) is 12.1 Å². The van der Waals surface area contributed by atoms with Crippen molar-refractivity contribution >= 4 is 23.5 Å². The average molecular weight is 427 g/mol. The molecule has 2 bridgehead atoms. The third-order valence-electron chi connectivity index (χ3n) is 5.33. The number of anilines is 1. The zero-order chi connectivity index (χ0) is 22.4. The van der Waals surface area contributed by atoms with Gasteiger partial charge in [0.05, 0.1) is 0 Å². The molecule has 1 aromatic carbocycles. The van der Waals surface area contributed by atoms with Crippen molar-refractivity contribution in [2.75, 3.05) is 31.9 Å². The molecular weight excluding hydrogens is 402 g/mol. The summed E-state index contributed by atoms with van der Waals surface area (Å²) in [5.74, 6) is -1.46. The summed E-state index contributed by atoms with van der Waals surface area (Å²) in [5.41, 5.74) is 7.47. The Morgan fingerprint density at radius 1 is 0.935 bits per heavy atom. The van der Waals surface area contributed by atoms with E-state index in [-0.39, 0.29) is 5.91 Å². The first-order chi connectivity index (χ1) is 14.8. The molecule has 9 nitrogen and oxygen atoms in total. The maximum atomic E-state index is 12.9. The molecule has 2 aromatic rings. The summed E-state index contributed by atoms with van der Waals surface area (Å²) in [5, 5.41) is 15.6. The molecule has 9 heteroatoms. The fraction of sp³-hybridized carbons (Fsp3) is 0.318. The molecule has 31 heavy (non-hydrogen) atoms. The van der Waals surface area contributed by atoms with E-state index in [4.69, 9.17) is 20.4 Å². The summed E-state index contributed by atoms with van der Waals surface area (Å²) in [6.45, 7) is 3.94. The van der Waals surface area contributed by atoms with Crippen LogP contribution in [0.25, 0.3) is 11.3 Å². The van der Waals surface area contributed by atoms with Crippen LogP contribution in [0.1, 0.15) is 23.4 Å². The number of hydrogen-bond acceptors (Lipinski definition) is 6. The Morgan fingerprint density at radius 3 is 2.19 bits per heavy atom. The Labute approximate surface area is 179 Å². The van der Waals surface area contributed by atoms with Gasteiger partial charge in [-0.05, 0) is 37.1 Å². The van der Waals surface area contributed by atoms with Crippen LogP contribution in [-0.2, 0) is 9.59 Å². The van der Waals surface area contributed by atoms with Crippen molar-refractivity contribution in [2.45, 2.75) is 18.9 Å². The first-order valence-electron chi connectivity index (χ1n) is 9.97. The number of nitrogen functional groups attached to an aromatic ring is 1. The van der Waals surface area contributed by atoms with Gasteiger partial charge in [0.15, 0.2) is 5.76 Å². The van der Waals surface area contributed by atoms with E-state index in [0.717, 1.165) is 44.6 Å². The molecule has 0 atom stereocenters. The zero-order valence-electron chi connectivity index (χ0n) is 16.9. The highest BCUT2D eigenvalue weighted by Gasteiger charge is 2.33. The van der Waals surface area contributed by atoms with E-state index < -0.39 is 11.9 Å². The van der Waals surface area contributed by atoms with E-state index >= 15 is 0 Å². The Bertz CT molecular complexity index is 959. The number of para-hydroxylation sites is 1. The molecule has 1 aromatic heterocycles. The summed E-state index contributed by atoms with van der Waals surface area (Å²) in [4.78, 5) is 36.4. The lowest BCUT2D eigenvalue weighted by atomic mass is 10.1. The molecule has 0 saturated carbocycles. The van der Waals surface area contributed by atoms with Gasteiger partial charge in [-0.15, -0.1) is 0 Å². The second-order valence-electron chi connectivity index (χ2n) is 7.33. The minimum Gasteiger partial charge on any atom is -0.478 e. The second kappa shape index (κ2) is 9.94. The highest BCUT2D eigenvalue weighted by atomic mass is 16.4. The number of hydrogen-bond donors (Lipinski definition) is 3. The third kappa shape index (κ3) is 5.73. The fourth-order valence-electron chi connectivity index (χ4n) is 3.76. The number of nitrogens with two attached hydrogens (primary N) is 1. The number of carboxylic acids is 2. The Morgan fingerprint density at radius 2 is 1.58 bits per heavy atom. The van der Waals surface area contributed by atoms with Gasteiger partial charge in [0.25, 0.3) is 5.91 Å². The number of carboxylic acid groups (broad SMARTS) is 2. The minimum atomic E-state index is -1.26. The van der Waals surface area contributed by atoms with Gasteiger partial charge in [-0.3, -0.25) is 4.79 Å². The summed E-state index contributed by atoms with van der Waals surface area (Å²) < 4.78 is 5.83. The Balaban J connectivity index is 0.000000293. The van der Waals surface area contributed by atoms with E-state index in [2.05, 4.69) is 4.90 Å². The third-order valence-corrected chi connectivity index (χ3v) is 5.33. The number of aliphatic carboxylic acids is 2. The van der Waals surface area contributed by atoms with Crippen LogP contribution in [0.4, 0.5) is 5.69 Å². The zero-order valence-corrected chi connectivity index (χ0v) is 16.9. The minimum absolute atomic E-state index is 0.000461. The summed E-state index contributed by atoms with van der Waals surface area (Å²) in [6, 6.07) is 11.5. The second-order valence-corrected chi connectivity index (χ2v) is 7.33. The highest BCUT2D eigenvalue weighted by molar-refractivity contribution is 5.92. The van der Waals surface area contributed by atoms with Crippen molar-refractivity contribution in [3.05, 3.63) is 54.3 Å². The molecule has 5 rings (SSSR count). The molecule has 3 aliphatic heterocycles. The molecule has 4 heterocycles. The van der Waals surface area contributed by atoms with Crippen LogP contribution in [0, 0.1) is 0 Å². The van der Waals surface area contributed by atoms with Gasteiger partial charge in [0.2, 0.25) is 0 Å². The van der Waals surface area contributed by atoms with Gasteiger partial charge < -0.3 is 30.2 Å². The number of piperidine rings is 1. The lowest BCUT2D eigenvalue weighted by Crippen LogP contribution is -2.41. The smallest absolute Gasteiger partial charge is 0.328 e. The number of benzene rings is 1. The molecule has 3 fully saturated rings. The number of carbonyl (C=O) groups is 3. The summed E-state index contributed by atoms with van der Waals surface area (Å²) >= 11 is 0. The molecule has 1 amide bonds. The number of fused-ring (bicyclic) bond motifs is 4. The fourth-order valence-corrected chi connectivity index (χ4v) is 3.76. The molecule has 4 N–H and O–H groups in total. The summed E-state index contributed by atoms with van der Waals surface area (Å²) in [6.07, 6.45) is 3.24. The van der Waals surface area contributed by atoms with Crippen LogP contribution in [0.5, 0.6) is 0 Å². The molecule has 0 unspecified atom stereocenters. The molecule has 164 valence electrons. The predicted molar refractivity (Wildman–Crippen MR) is 113 cm³/mol. The van der Waals surface area contributed by atoms with E-state index in [1.54, 1.807) is 6.07 Å². The molecule has 0 radical (unpaired) electrons. The van der Waals surface area contributed by atoms with Crippen LogP contribution in [0.15, 0.2) is 53.0 Å². The van der Waals surface area contributed by atoms with Gasteiger partial charge in [0, 0.05) is 55.6 Å². The predicted octanol–water partition coefficient (Wildman–Crippen LogP) is 2.16. The number of rotatable bonds is 4. The van der Waals surface area contributed by atoms with E-state index in [1.807, 2.05) is 35.2 Å². The maximum absolute atomic E-state index is 12.9. The molecule has 0 spiro atoms. The topological polar surface area (TPSA) is 137 Å². The highest BCUT2D eigenvalue weighted by Crippen LogP contribution is 2.29. The molecule has 3 aliphatic rings. The molecule has 0 aliphatic carbocycles. The summed E-state index contributed by atoms with van der Waals surface area (Å²) in [7, 11) is 0. The van der Waals surface area contributed by atoms with Crippen molar-refractivity contribution in [3.8, 4) is 11.3 Å². The van der Waals surface area contributed by atoms with E-state index in [1.165, 1.54) is 0 Å². The van der Waals surface area contributed by atoms with Crippen LogP contribution in [0.3, 0.4) is 0 Å². The maximum Gasteiger partial charge on any atom is 0.328 e. The monoisotopic (exact) mass is 427 g/mol. The van der Waals surface area contributed by atoms with Gasteiger partial charge in [0.1, 0.15) is 5.76 Å². The normalized spacial score (nSPS) is 20.1. The van der Waals surface area contributed by atoms with Crippen LogP contribution in [0.2, 0.25) is 0 Å². The number of furan rings is 1. The van der Waals surface area contributed by atoms with Crippen molar-refractivity contribution < 1.29 is 29.0 Å². The lowest BCUT2D eigenvalue weighted by molar-refractivity contribution is -0.134. The van der Waals surface area contributed by atoms with Gasteiger partial charge >= 0.3 is 11.9 Å². The van der Waals surface area contributed by atoms with Crippen molar-refractivity contribution in [1.29, 1.82) is 0 Å². The van der Waals surface area contributed by atoms with Crippen LogP contribution in [-0.4, -0.2) is 70.1 Å². The van der Waals surface area contributed by atoms with Crippen LogP contribution >= 0.6 is 0 Å². The van der Waals surface area contributed by atoms with Gasteiger partial charge in [-0.25, -0.2) is 9.59 Å². The standard InChI is InChI=1S/C18H21N3O2.C4H4O4/c19-15-4-2-1-3-14(15)16-5-6-17(23-16)18(22)21-12-11-20-9-7-13(21)8-10-20;5-3(6)1-2-4(7)8/h1-6,13H,7-12,19H2;1-2H,(H,5,6)(H,7,8)/b;2-1+. The van der Waals surface area contributed by atoms with Gasteiger partial charge in [-0.2, -0.15) is 0 Å². The Hall–Kier alpha value is -3.59. The first kappa shape index (κ1) is 22.1. The first-order valence-corrected chi connectivity index (χ1v) is 9.97. The SMILES string of the molecule is Nc1ccccc1-c1ccc(C(=O)N2CCN3CCC2CC3)o1.O=C(O)/C=C/C(=O)O. The van der Waals surface area contributed by atoms with E-state index in [9.17, 15) is 14.4 Å². The van der Waals surface area contributed by atoms with Crippen LogP contribution < -0.4 is 5.73 Å². The molecule has 3 saturated heterocycles. The quantitative estimate of drug-likeness (QED) is 0.499. The van der Waals surface area contributed by atoms with E-state index in [0.29, 0.717) is 35.4 Å². The van der Waals surface area contributed by atoms with Crippen molar-refractivity contribution in [2.24, 2.45) is 0 Å². The number of amides is 1. The van der Waals surface area contributed by atoms with Crippen molar-refractivity contribution in [1.82, 2.24) is 9.80 Å². The van der Waals surface area contributed by atoms with Crippen molar-refractivity contribution in [3.63, 3.8) is 0 Å². The number of nitrogens with zero attached hydrogens (tertiary/aromatic N) is 2. The lowest BCUT2D eigenvalue weighted by Gasteiger charge is -2.30. The Kier molecular flexibility index (Phi) is 7.09. The number of carbonyl (C=O) groups excluding carboxylic acids is 1. The molecular formula is C22H25N3O6.